The van der Waals surface area contributed by atoms with E-state index in [1.165, 1.54) is 0 Å². The molecule has 0 aliphatic carbocycles. The molecule has 0 radical (unpaired) electrons. The molecule has 2 nitrogen and oxygen atoms in total. The van der Waals surface area contributed by atoms with Gasteiger partial charge in [0.1, 0.15) is 11.5 Å². The Balaban J connectivity index is 2.25. The molecular formula is C14H14ClNO. The second-order valence-electron chi connectivity index (χ2n) is 3.89. The first kappa shape index (κ1) is 12.0. The molecule has 0 bridgehead atoms. The molecule has 0 saturated carbocycles. The van der Waals surface area contributed by atoms with Crippen molar-refractivity contribution in [1.29, 1.82) is 0 Å². The van der Waals surface area contributed by atoms with Gasteiger partial charge in [-0.05, 0) is 42.3 Å². The first-order chi connectivity index (χ1) is 8.19. The summed E-state index contributed by atoms with van der Waals surface area (Å²) >= 11 is 6.10. The zero-order chi connectivity index (χ0) is 12.3. The van der Waals surface area contributed by atoms with Crippen LogP contribution in [0.5, 0.6) is 11.5 Å². The Morgan fingerprint density at radius 1 is 1.18 bits per heavy atom. The SMILES string of the molecule is Cc1ccc(Oc2cccc(CN)c2)c(Cl)c1. The summed E-state index contributed by atoms with van der Waals surface area (Å²) in [5.41, 5.74) is 7.72. The normalized spacial score (nSPS) is 10.3. The number of nitrogens with two attached hydrogens (primary N) is 1. The van der Waals surface area contributed by atoms with Gasteiger partial charge in [-0.2, -0.15) is 0 Å². The minimum Gasteiger partial charge on any atom is -0.456 e. The smallest absolute Gasteiger partial charge is 0.146 e. The van der Waals surface area contributed by atoms with Gasteiger partial charge in [0.2, 0.25) is 0 Å². The number of hydrogen-bond donors (Lipinski definition) is 1. The highest BCUT2D eigenvalue weighted by Gasteiger charge is 2.03. The first-order valence-electron chi connectivity index (χ1n) is 5.42. The Morgan fingerprint density at radius 3 is 2.71 bits per heavy atom. The number of rotatable bonds is 3. The fourth-order valence-electron chi connectivity index (χ4n) is 1.55. The highest BCUT2D eigenvalue weighted by molar-refractivity contribution is 6.32. The molecule has 0 unspecified atom stereocenters. The van der Waals surface area contributed by atoms with Gasteiger partial charge >= 0.3 is 0 Å². The van der Waals surface area contributed by atoms with E-state index >= 15 is 0 Å². The maximum absolute atomic E-state index is 6.10. The van der Waals surface area contributed by atoms with Gasteiger partial charge in [-0.1, -0.05) is 29.8 Å². The fraction of sp³-hybridized carbons (Fsp3) is 0.143. The van der Waals surface area contributed by atoms with Gasteiger partial charge in [-0.15, -0.1) is 0 Å². The molecule has 0 heterocycles. The van der Waals surface area contributed by atoms with Crippen molar-refractivity contribution < 1.29 is 4.74 Å². The van der Waals surface area contributed by atoms with Gasteiger partial charge in [-0.3, -0.25) is 0 Å². The molecule has 0 aromatic heterocycles. The van der Waals surface area contributed by atoms with E-state index in [9.17, 15) is 0 Å². The maximum Gasteiger partial charge on any atom is 0.146 e. The van der Waals surface area contributed by atoms with E-state index in [2.05, 4.69) is 0 Å². The van der Waals surface area contributed by atoms with Crippen molar-refractivity contribution in [2.45, 2.75) is 13.5 Å². The first-order valence-corrected chi connectivity index (χ1v) is 5.80. The summed E-state index contributed by atoms with van der Waals surface area (Å²) in [4.78, 5) is 0. The molecule has 2 rings (SSSR count). The second kappa shape index (κ2) is 5.21. The third-order valence-electron chi connectivity index (χ3n) is 2.45. The summed E-state index contributed by atoms with van der Waals surface area (Å²) in [5, 5.41) is 0.614. The third kappa shape index (κ3) is 2.99. The molecular weight excluding hydrogens is 234 g/mol. The maximum atomic E-state index is 6.10. The summed E-state index contributed by atoms with van der Waals surface area (Å²) in [5.74, 6) is 1.41. The van der Waals surface area contributed by atoms with Gasteiger partial charge in [0, 0.05) is 6.54 Å². The highest BCUT2D eigenvalue weighted by atomic mass is 35.5. The van der Waals surface area contributed by atoms with Crippen LogP contribution in [0.25, 0.3) is 0 Å². The average molecular weight is 248 g/mol. The molecule has 0 spiro atoms. The summed E-state index contributed by atoms with van der Waals surface area (Å²) < 4.78 is 5.72. The van der Waals surface area contributed by atoms with Crippen molar-refractivity contribution in [3.63, 3.8) is 0 Å². The largest absolute Gasteiger partial charge is 0.456 e. The monoisotopic (exact) mass is 247 g/mol. The fourth-order valence-corrected chi connectivity index (χ4v) is 1.83. The van der Waals surface area contributed by atoms with Gasteiger partial charge < -0.3 is 10.5 Å². The number of halogens is 1. The van der Waals surface area contributed by atoms with Crippen LogP contribution in [0.2, 0.25) is 5.02 Å². The number of ether oxygens (including phenoxy) is 1. The summed E-state index contributed by atoms with van der Waals surface area (Å²) in [6.45, 7) is 2.49. The molecule has 0 amide bonds. The van der Waals surface area contributed by atoms with Crippen LogP contribution in [0, 0.1) is 6.92 Å². The van der Waals surface area contributed by atoms with Crippen molar-refractivity contribution in [3.05, 3.63) is 58.6 Å². The van der Waals surface area contributed by atoms with E-state index in [0.29, 0.717) is 17.3 Å². The molecule has 0 aliphatic rings. The lowest BCUT2D eigenvalue weighted by atomic mass is 10.2. The van der Waals surface area contributed by atoms with Crippen LogP contribution < -0.4 is 10.5 Å². The molecule has 0 atom stereocenters. The van der Waals surface area contributed by atoms with Crippen LogP contribution in [-0.4, -0.2) is 0 Å². The molecule has 0 saturated heterocycles. The molecule has 88 valence electrons. The van der Waals surface area contributed by atoms with E-state index in [-0.39, 0.29) is 0 Å². The number of hydrogen-bond acceptors (Lipinski definition) is 2. The zero-order valence-corrected chi connectivity index (χ0v) is 10.4. The van der Waals surface area contributed by atoms with Gasteiger partial charge in [-0.25, -0.2) is 0 Å². The van der Waals surface area contributed by atoms with Crippen LogP contribution in [0.15, 0.2) is 42.5 Å². The van der Waals surface area contributed by atoms with Gasteiger partial charge in [0.05, 0.1) is 5.02 Å². The Bertz CT molecular complexity index is 525. The summed E-state index contributed by atoms with van der Waals surface area (Å²) in [6.07, 6.45) is 0. The van der Waals surface area contributed by atoms with E-state index in [1.54, 1.807) is 0 Å². The van der Waals surface area contributed by atoms with E-state index in [0.717, 1.165) is 16.9 Å². The summed E-state index contributed by atoms with van der Waals surface area (Å²) in [6, 6.07) is 13.4. The molecule has 3 heteroatoms. The number of benzene rings is 2. The standard InChI is InChI=1S/C14H14ClNO/c1-10-5-6-14(13(15)7-10)17-12-4-2-3-11(8-12)9-16/h2-8H,9,16H2,1H3. The van der Waals surface area contributed by atoms with Gasteiger partial charge in [0.15, 0.2) is 0 Å². The van der Waals surface area contributed by atoms with Crippen molar-refractivity contribution >= 4 is 11.6 Å². The predicted molar refractivity (Wildman–Crippen MR) is 70.6 cm³/mol. The lowest BCUT2D eigenvalue weighted by Crippen LogP contribution is -1.96. The second-order valence-corrected chi connectivity index (χ2v) is 4.29. The predicted octanol–water partition coefficient (Wildman–Crippen LogP) is 3.90. The minimum absolute atomic E-state index is 0.499. The van der Waals surface area contributed by atoms with E-state index in [1.807, 2.05) is 49.4 Å². The van der Waals surface area contributed by atoms with E-state index in [4.69, 9.17) is 22.1 Å². The molecule has 2 N–H and O–H groups in total. The Morgan fingerprint density at radius 2 is 2.00 bits per heavy atom. The Hall–Kier alpha value is -1.51. The van der Waals surface area contributed by atoms with Crippen LogP contribution in [0.3, 0.4) is 0 Å². The van der Waals surface area contributed by atoms with E-state index < -0.39 is 0 Å². The van der Waals surface area contributed by atoms with Crippen molar-refractivity contribution in [3.8, 4) is 11.5 Å². The lowest BCUT2D eigenvalue weighted by Gasteiger charge is -2.09. The molecule has 2 aromatic rings. The van der Waals surface area contributed by atoms with Crippen LogP contribution in [-0.2, 0) is 6.54 Å². The van der Waals surface area contributed by atoms with Crippen molar-refractivity contribution in [2.75, 3.05) is 0 Å². The Labute approximate surface area is 106 Å². The van der Waals surface area contributed by atoms with Crippen molar-refractivity contribution in [2.24, 2.45) is 5.73 Å². The van der Waals surface area contributed by atoms with Crippen LogP contribution in [0.4, 0.5) is 0 Å². The Kier molecular flexibility index (Phi) is 3.67. The average Bonchev–Trinajstić information content (AvgIpc) is 2.33. The highest BCUT2D eigenvalue weighted by Crippen LogP contribution is 2.30. The third-order valence-corrected chi connectivity index (χ3v) is 2.74. The lowest BCUT2D eigenvalue weighted by molar-refractivity contribution is 0.482. The van der Waals surface area contributed by atoms with Gasteiger partial charge in [0.25, 0.3) is 0 Å². The number of aryl methyl sites for hydroxylation is 1. The van der Waals surface area contributed by atoms with Crippen LogP contribution in [0.1, 0.15) is 11.1 Å². The minimum atomic E-state index is 0.499. The molecule has 2 aromatic carbocycles. The molecule has 0 aliphatic heterocycles. The summed E-state index contributed by atoms with van der Waals surface area (Å²) in [7, 11) is 0. The molecule has 17 heavy (non-hydrogen) atoms. The molecule has 0 fully saturated rings. The van der Waals surface area contributed by atoms with Crippen molar-refractivity contribution in [1.82, 2.24) is 0 Å². The topological polar surface area (TPSA) is 35.2 Å². The zero-order valence-electron chi connectivity index (χ0n) is 9.61. The van der Waals surface area contributed by atoms with Crippen LogP contribution >= 0.6 is 11.6 Å². The quantitative estimate of drug-likeness (QED) is 0.893.